The van der Waals surface area contributed by atoms with Crippen molar-refractivity contribution < 1.29 is 13.2 Å². The molecule has 0 spiro atoms. The van der Waals surface area contributed by atoms with Gasteiger partial charge in [0, 0.05) is 17.7 Å². The minimum atomic E-state index is -0.963. The molecule has 0 saturated heterocycles. The summed E-state index contributed by atoms with van der Waals surface area (Å²) in [7, 11) is 0. The second-order valence-corrected chi connectivity index (χ2v) is 5.11. The maximum absolute atomic E-state index is 13.7. The second-order valence-electron chi connectivity index (χ2n) is 5.11. The zero-order chi connectivity index (χ0) is 15.4. The van der Waals surface area contributed by atoms with Crippen LogP contribution in [0.2, 0.25) is 0 Å². The third-order valence-electron chi connectivity index (χ3n) is 3.51. The average Bonchev–Trinajstić information content (AvgIpc) is 2.44. The van der Waals surface area contributed by atoms with Crippen molar-refractivity contribution in [1.29, 1.82) is 0 Å². The molecule has 112 valence electrons. The molecule has 0 heterocycles. The fourth-order valence-corrected chi connectivity index (χ4v) is 2.29. The van der Waals surface area contributed by atoms with Crippen molar-refractivity contribution in [3.63, 3.8) is 0 Å². The van der Waals surface area contributed by atoms with E-state index in [0.29, 0.717) is 17.7 Å². The number of halogens is 3. The van der Waals surface area contributed by atoms with Gasteiger partial charge in [-0.2, -0.15) is 0 Å². The van der Waals surface area contributed by atoms with Gasteiger partial charge in [0.15, 0.2) is 0 Å². The molecular weight excluding hydrogens is 275 g/mol. The summed E-state index contributed by atoms with van der Waals surface area (Å²) in [5.41, 5.74) is 7.37. The summed E-state index contributed by atoms with van der Waals surface area (Å²) in [6.07, 6.45) is 3.16. The van der Waals surface area contributed by atoms with Gasteiger partial charge in [-0.15, -0.1) is 0 Å². The lowest BCUT2D eigenvalue weighted by molar-refractivity contribution is 0.515. The average molecular weight is 293 g/mol. The Morgan fingerprint density at radius 3 is 2.10 bits per heavy atom. The lowest BCUT2D eigenvalue weighted by Crippen LogP contribution is -2.16. The van der Waals surface area contributed by atoms with E-state index in [0.717, 1.165) is 24.8 Å². The van der Waals surface area contributed by atoms with Crippen molar-refractivity contribution in [3.05, 3.63) is 70.5 Å². The standard InChI is InChI=1S/C17H18F3N/c1-2-3-4-11-5-7-12(8-6-11)17(21)16-14(19)9-13(18)10-15(16)20/h5-10,17H,2-4,21H2,1H3. The van der Waals surface area contributed by atoms with Crippen molar-refractivity contribution in [3.8, 4) is 0 Å². The lowest BCUT2D eigenvalue weighted by Gasteiger charge is -2.15. The van der Waals surface area contributed by atoms with Crippen molar-refractivity contribution in [2.45, 2.75) is 32.2 Å². The van der Waals surface area contributed by atoms with Crippen LogP contribution in [-0.4, -0.2) is 0 Å². The Balaban J connectivity index is 2.26. The molecule has 0 fully saturated rings. The van der Waals surface area contributed by atoms with E-state index in [9.17, 15) is 13.2 Å². The largest absolute Gasteiger partial charge is 0.320 e. The van der Waals surface area contributed by atoms with Gasteiger partial charge < -0.3 is 5.73 Å². The number of rotatable bonds is 5. The molecule has 1 nitrogen and oxygen atoms in total. The maximum Gasteiger partial charge on any atom is 0.134 e. The Morgan fingerprint density at radius 1 is 1.00 bits per heavy atom. The lowest BCUT2D eigenvalue weighted by atomic mass is 9.96. The number of unbranched alkanes of at least 4 members (excludes halogenated alkanes) is 1. The van der Waals surface area contributed by atoms with Gasteiger partial charge in [0.05, 0.1) is 6.04 Å². The predicted octanol–water partition coefficient (Wildman–Crippen LogP) is 4.49. The molecule has 0 aliphatic rings. The Kier molecular flexibility index (Phi) is 5.02. The molecule has 0 saturated carbocycles. The summed E-state index contributed by atoms with van der Waals surface area (Å²) < 4.78 is 40.4. The molecule has 0 radical (unpaired) electrons. The quantitative estimate of drug-likeness (QED) is 0.863. The van der Waals surface area contributed by atoms with Crippen LogP contribution in [0, 0.1) is 17.5 Å². The zero-order valence-electron chi connectivity index (χ0n) is 11.9. The van der Waals surface area contributed by atoms with E-state index in [-0.39, 0.29) is 5.56 Å². The molecule has 2 N–H and O–H groups in total. The van der Waals surface area contributed by atoms with E-state index in [1.165, 1.54) is 0 Å². The molecule has 0 aliphatic carbocycles. The molecule has 0 aliphatic heterocycles. The second kappa shape index (κ2) is 6.76. The van der Waals surface area contributed by atoms with E-state index in [4.69, 9.17) is 5.73 Å². The van der Waals surface area contributed by atoms with Gasteiger partial charge in [-0.05, 0) is 24.0 Å². The molecule has 0 amide bonds. The molecule has 2 aromatic rings. The molecule has 1 unspecified atom stereocenters. The number of benzene rings is 2. The summed E-state index contributed by atoms with van der Waals surface area (Å²) in [4.78, 5) is 0. The monoisotopic (exact) mass is 293 g/mol. The summed E-state index contributed by atoms with van der Waals surface area (Å²) in [5.74, 6) is -2.87. The molecule has 21 heavy (non-hydrogen) atoms. The fourth-order valence-electron chi connectivity index (χ4n) is 2.29. The van der Waals surface area contributed by atoms with Crippen LogP contribution in [0.25, 0.3) is 0 Å². The fraction of sp³-hybridized carbons (Fsp3) is 0.294. The number of hydrogen-bond acceptors (Lipinski definition) is 1. The number of hydrogen-bond donors (Lipinski definition) is 1. The highest BCUT2D eigenvalue weighted by Gasteiger charge is 2.19. The number of aryl methyl sites for hydroxylation is 1. The molecule has 4 heteroatoms. The topological polar surface area (TPSA) is 26.0 Å². The van der Waals surface area contributed by atoms with Gasteiger partial charge >= 0.3 is 0 Å². The third kappa shape index (κ3) is 3.64. The van der Waals surface area contributed by atoms with Crippen LogP contribution in [0.4, 0.5) is 13.2 Å². The Labute approximate surface area is 122 Å². The molecule has 1 atom stereocenters. The van der Waals surface area contributed by atoms with Gasteiger partial charge in [-0.3, -0.25) is 0 Å². The van der Waals surface area contributed by atoms with Crippen LogP contribution in [0.1, 0.15) is 42.5 Å². The first-order valence-corrected chi connectivity index (χ1v) is 7.01. The minimum Gasteiger partial charge on any atom is -0.320 e. The van der Waals surface area contributed by atoms with Gasteiger partial charge in [0.25, 0.3) is 0 Å². The van der Waals surface area contributed by atoms with Crippen molar-refractivity contribution in [2.24, 2.45) is 5.73 Å². The first-order chi connectivity index (χ1) is 10.0. The van der Waals surface area contributed by atoms with E-state index in [2.05, 4.69) is 6.92 Å². The van der Waals surface area contributed by atoms with E-state index in [1.807, 2.05) is 12.1 Å². The van der Waals surface area contributed by atoms with Gasteiger partial charge in [0.1, 0.15) is 17.5 Å². The Hall–Kier alpha value is -1.81. The summed E-state index contributed by atoms with van der Waals surface area (Å²) in [6, 6.07) is 7.68. The molecular formula is C17H18F3N. The highest BCUT2D eigenvalue weighted by atomic mass is 19.1. The van der Waals surface area contributed by atoms with E-state index >= 15 is 0 Å². The van der Waals surface area contributed by atoms with Gasteiger partial charge in [0.2, 0.25) is 0 Å². The van der Waals surface area contributed by atoms with Crippen molar-refractivity contribution >= 4 is 0 Å². The molecule has 2 rings (SSSR count). The molecule has 0 bridgehead atoms. The third-order valence-corrected chi connectivity index (χ3v) is 3.51. The normalized spacial score (nSPS) is 12.4. The van der Waals surface area contributed by atoms with E-state index < -0.39 is 23.5 Å². The molecule has 0 aromatic heterocycles. The van der Waals surface area contributed by atoms with Crippen LogP contribution in [-0.2, 0) is 6.42 Å². The van der Waals surface area contributed by atoms with Gasteiger partial charge in [-0.25, -0.2) is 13.2 Å². The zero-order valence-corrected chi connectivity index (χ0v) is 11.9. The highest BCUT2D eigenvalue weighted by molar-refractivity contribution is 5.35. The highest BCUT2D eigenvalue weighted by Crippen LogP contribution is 2.26. The van der Waals surface area contributed by atoms with Crippen LogP contribution in [0.15, 0.2) is 36.4 Å². The Bertz CT molecular complexity index is 585. The van der Waals surface area contributed by atoms with Crippen LogP contribution in [0.5, 0.6) is 0 Å². The maximum atomic E-state index is 13.7. The summed E-state index contributed by atoms with van der Waals surface area (Å²) >= 11 is 0. The smallest absolute Gasteiger partial charge is 0.134 e. The summed E-state index contributed by atoms with van der Waals surface area (Å²) in [6.45, 7) is 2.12. The molecule has 2 aromatic carbocycles. The first-order valence-electron chi connectivity index (χ1n) is 7.01. The van der Waals surface area contributed by atoms with Crippen LogP contribution < -0.4 is 5.73 Å². The van der Waals surface area contributed by atoms with Gasteiger partial charge in [-0.1, -0.05) is 37.6 Å². The summed E-state index contributed by atoms with van der Waals surface area (Å²) in [5, 5.41) is 0. The number of nitrogens with two attached hydrogens (primary N) is 1. The Morgan fingerprint density at radius 2 is 1.57 bits per heavy atom. The van der Waals surface area contributed by atoms with E-state index in [1.54, 1.807) is 12.1 Å². The van der Waals surface area contributed by atoms with Crippen molar-refractivity contribution in [2.75, 3.05) is 0 Å². The van der Waals surface area contributed by atoms with Crippen molar-refractivity contribution in [1.82, 2.24) is 0 Å². The van der Waals surface area contributed by atoms with Crippen LogP contribution >= 0.6 is 0 Å². The van der Waals surface area contributed by atoms with Crippen LogP contribution in [0.3, 0.4) is 0 Å². The first kappa shape index (κ1) is 15.6. The SMILES string of the molecule is CCCCc1ccc(C(N)c2c(F)cc(F)cc2F)cc1. The predicted molar refractivity (Wildman–Crippen MR) is 77.4 cm³/mol. The minimum absolute atomic E-state index is 0.308.